The van der Waals surface area contributed by atoms with Gasteiger partial charge in [0.1, 0.15) is 5.52 Å². The summed E-state index contributed by atoms with van der Waals surface area (Å²) in [4.78, 5) is 4.45. The lowest BCUT2D eigenvalue weighted by molar-refractivity contribution is 0.488. The number of para-hydroxylation sites is 2. The van der Waals surface area contributed by atoms with E-state index in [-0.39, 0.29) is 0 Å². The molecule has 3 nitrogen and oxygen atoms in total. The Bertz CT molecular complexity index is 450. The van der Waals surface area contributed by atoms with Crippen molar-refractivity contribution in [2.75, 3.05) is 12.3 Å². The fraction of sp³-hybridized carbons (Fsp3) is 0.500. The summed E-state index contributed by atoms with van der Waals surface area (Å²) in [5, 5.41) is 4.20. The number of nitrogens with one attached hydrogen (secondary N) is 1. The van der Waals surface area contributed by atoms with Crippen LogP contribution in [0.4, 0.5) is 0 Å². The van der Waals surface area contributed by atoms with Crippen LogP contribution in [0.15, 0.2) is 33.9 Å². The van der Waals surface area contributed by atoms with E-state index < -0.39 is 0 Å². The van der Waals surface area contributed by atoms with Gasteiger partial charge in [-0.2, -0.15) is 0 Å². The quantitative estimate of drug-likeness (QED) is 0.611. The molecule has 4 heteroatoms. The third-order valence-electron chi connectivity index (χ3n) is 2.83. The van der Waals surface area contributed by atoms with E-state index in [9.17, 15) is 0 Å². The second-order valence-corrected chi connectivity index (χ2v) is 5.44. The van der Waals surface area contributed by atoms with Gasteiger partial charge < -0.3 is 9.73 Å². The lowest BCUT2D eigenvalue weighted by Gasteiger charge is -2.10. The normalized spacial score (nSPS) is 13.0. The second-order valence-electron chi connectivity index (χ2n) is 4.40. The highest BCUT2D eigenvalue weighted by Gasteiger charge is 2.05. The molecule has 1 aromatic carbocycles. The minimum Gasteiger partial charge on any atom is -0.431 e. The van der Waals surface area contributed by atoms with Gasteiger partial charge in [-0.1, -0.05) is 30.8 Å². The highest BCUT2D eigenvalue weighted by atomic mass is 32.2. The summed E-state index contributed by atoms with van der Waals surface area (Å²) < 4.78 is 5.66. The van der Waals surface area contributed by atoms with Crippen molar-refractivity contribution in [2.24, 2.45) is 0 Å². The molecule has 0 aliphatic rings. The van der Waals surface area contributed by atoms with Gasteiger partial charge >= 0.3 is 0 Å². The van der Waals surface area contributed by atoms with Crippen molar-refractivity contribution >= 4 is 22.9 Å². The van der Waals surface area contributed by atoms with E-state index >= 15 is 0 Å². The van der Waals surface area contributed by atoms with Crippen LogP contribution in [0.25, 0.3) is 11.1 Å². The van der Waals surface area contributed by atoms with Crippen LogP contribution in [0.5, 0.6) is 0 Å². The zero-order chi connectivity index (χ0) is 12.8. The first-order chi connectivity index (χ1) is 8.79. The van der Waals surface area contributed by atoms with E-state index in [2.05, 4.69) is 24.1 Å². The molecule has 2 aromatic rings. The van der Waals surface area contributed by atoms with Gasteiger partial charge in [0.2, 0.25) is 0 Å². The molecule has 18 heavy (non-hydrogen) atoms. The lowest BCUT2D eigenvalue weighted by atomic mass is 10.2. The van der Waals surface area contributed by atoms with Crippen LogP contribution in [-0.4, -0.2) is 23.3 Å². The van der Waals surface area contributed by atoms with Crippen LogP contribution in [0.2, 0.25) is 0 Å². The predicted octanol–water partition coefficient (Wildman–Crippen LogP) is 3.70. The number of aromatic nitrogens is 1. The van der Waals surface area contributed by atoms with Crippen LogP contribution < -0.4 is 5.32 Å². The molecule has 0 aliphatic heterocycles. The van der Waals surface area contributed by atoms with Gasteiger partial charge in [0.05, 0.1) is 0 Å². The largest absolute Gasteiger partial charge is 0.431 e. The van der Waals surface area contributed by atoms with Gasteiger partial charge in [-0.15, -0.1) is 0 Å². The third-order valence-corrected chi connectivity index (χ3v) is 3.75. The Hall–Kier alpha value is -1.00. The summed E-state index contributed by atoms with van der Waals surface area (Å²) in [5.41, 5.74) is 1.82. The topological polar surface area (TPSA) is 38.1 Å². The number of oxazole rings is 1. The Morgan fingerprint density at radius 3 is 3.00 bits per heavy atom. The molecule has 1 N–H and O–H groups in total. The SMILES string of the molecule is CCNC(C)CCCSc1nc2ccccc2o1. The van der Waals surface area contributed by atoms with Crippen molar-refractivity contribution < 1.29 is 4.42 Å². The molecular weight excluding hydrogens is 244 g/mol. The van der Waals surface area contributed by atoms with Gasteiger partial charge in [0.15, 0.2) is 5.58 Å². The van der Waals surface area contributed by atoms with Gasteiger partial charge in [-0.05, 0) is 38.4 Å². The molecule has 1 unspecified atom stereocenters. The maximum absolute atomic E-state index is 5.66. The maximum atomic E-state index is 5.66. The summed E-state index contributed by atoms with van der Waals surface area (Å²) in [6.07, 6.45) is 2.37. The highest BCUT2D eigenvalue weighted by molar-refractivity contribution is 7.99. The number of fused-ring (bicyclic) bond motifs is 1. The van der Waals surface area contributed by atoms with Gasteiger partial charge in [0, 0.05) is 11.8 Å². The summed E-state index contributed by atoms with van der Waals surface area (Å²) in [5.74, 6) is 1.06. The Balaban J connectivity index is 1.76. The van der Waals surface area contributed by atoms with E-state index in [0.717, 1.165) is 28.6 Å². The van der Waals surface area contributed by atoms with Gasteiger partial charge in [-0.25, -0.2) is 4.98 Å². The van der Waals surface area contributed by atoms with Crippen molar-refractivity contribution in [1.82, 2.24) is 10.3 Å². The van der Waals surface area contributed by atoms with Crippen molar-refractivity contribution in [2.45, 2.75) is 38.0 Å². The van der Waals surface area contributed by atoms with Crippen LogP contribution in [0, 0.1) is 0 Å². The van der Waals surface area contributed by atoms with E-state index in [1.54, 1.807) is 11.8 Å². The average Bonchev–Trinajstić information content (AvgIpc) is 2.77. The second kappa shape index (κ2) is 6.81. The highest BCUT2D eigenvalue weighted by Crippen LogP contribution is 2.23. The molecule has 0 saturated heterocycles. The summed E-state index contributed by atoms with van der Waals surface area (Å²) >= 11 is 1.70. The number of nitrogens with zero attached hydrogens (tertiary/aromatic N) is 1. The first-order valence-corrected chi connectivity index (χ1v) is 7.50. The zero-order valence-electron chi connectivity index (χ0n) is 11.0. The van der Waals surface area contributed by atoms with Crippen LogP contribution in [-0.2, 0) is 0 Å². The molecule has 0 bridgehead atoms. The maximum Gasteiger partial charge on any atom is 0.256 e. The molecule has 98 valence electrons. The molecular formula is C14H20N2OS. The zero-order valence-corrected chi connectivity index (χ0v) is 11.8. The standard InChI is InChI=1S/C14H20N2OS/c1-3-15-11(2)7-6-10-18-14-16-12-8-4-5-9-13(12)17-14/h4-5,8-9,11,15H,3,6-7,10H2,1-2H3. The number of hydrogen-bond donors (Lipinski definition) is 1. The Labute approximate surface area is 112 Å². The number of hydrogen-bond acceptors (Lipinski definition) is 4. The molecule has 0 radical (unpaired) electrons. The fourth-order valence-electron chi connectivity index (χ4n) is 1.91. The van der Waals surface area contributed by atoms with Crippen LogP contribution >= 0.6 is 11.8 Å². The van der Waals surface area contributed by atoms with Crippen molar-refractivity contribution in [3.8, 4) is 0 Å². The Kier molecular flexibility index (Phi) is 5.08. The predicted molar refractivity (Wildman–Crippen MR) is 77.1 cm³/mol. The first-order valence-electron chi connectivity index (χ1n) is 6.51. The lowest BCUT2D eigenvalue weighted by Crippen LogP contribution is -2.25. The molecule has 1 aromatic heterocycles. The summed E-state index contributed by atoms with van der Waals surface area (Å²) in [7, 11) is 0. The summed E-state index contributed by atoms with van der Waals surface area (Å²) in [6.45, 7) is 5.41. The van der Waals surface area contributed by atoms with E-state index in [1.807, 2.05) is 24.3 Å². The van der Waals surface area contributed by atoms with E-state index in [1.165, 1.54) is 12.8 Å². The molecule has 2 rings (SSSR count). The first kappa shape index (κ1) is 13.4. The van der Waals surface area contributed by atoms with E-state index in [0.29, 0.717) is 6.04 Å². The third kappa shape index (κ3) is 3.75. The molecule has 1 heterocycles. The van der Waals surface area contributed by atoms with Crippen molar-refractivity contribution in [3.63, 3.8) is 0 Å². The van der Waals surface area contributed by atoms with Crippen molar-refractivity contribution in [1.29, 1.82) is 0 Å². The van der Waals surface area contributed by atoms with Crippen LogP contribution in [0.3, 0.4) is 0 Å². The Morgan fingerprint density at radius 2 is 2.22 bits per heavy atom. The van der Waals surface area contributed by atoms with Gasteiger partial charge in [-0.3, -0.25) is 0 Å². The molecule has 0 saturated carbocycles. The molecule has 0 amide bonds. The molecule has 0 aliphatic carbocycles. The minimum absolute atomic E-state index is 0.597. The Morgan fingerprint density at radius 1 is 1.39 bits per heavy atom. The smallest absolute Gasteiger partial charge is 0.256 e. The van der Waals surface area contributed by atoms with Crippen LogP contribution in [0.1, 0.15) is 26.7 Å². The molecule has 1 atom stereocenters. The van der Waals surface area contributed by atoms with E-state index in [4.69, 9.17) is 4.42 Å². The van der Waals surface area contributed by atoms with Crippen molar-refractivity contribution in [3.05, 3.63) is 24.3 Å². The molecule has 0 spiro atoms. The summed E-state index contributed by atoms with van der Waals surface area (Å²) in [6, 6.07) is 8.49. The van der Waals surface area contributed by atoms with Gasteiger partial charge in [0.25, 0.3) is 5.22 Å². The fourth-order valence-corrected chi connectivity index (χ4v) is 2.71. The molecule has 0 fully saturated rings. The minimum atomic E-state index is 0.597. The number of rotatable bonds is 7. The number of thioether (sulfide) groups is 1. The number of benzene rings is 1. The average molecular weight is 264 g/mol. The monoisotopic (exact) mass is 264 g/mol.